The maximum Gasteiger partial charge on any atom is 0.433 e. The highest BCUT2D eigenvalue weighted by atomic mass is 19.4. The molecular formula is C14H10F3N3O5. The molecule has 3 heterocycles. The highest BCUT2D eigenvalue weighted by molar-refractivity contribution is 5.92. The van der Waals surface area contributed by atoms with Gasteiger partial charge in [-0.15, -0.1) is 0 Å². The summed E-state index contributed by atoms with van der Waals surface area (Å²) >= 11 is 0. The van der Waals surface area contributed by atoms with Gasteiger partial charge >= 0.3 is 12.1 Å². The SMILES string of the molecule is O=C(c1ccc([N+](=O)[O-])o1)N1CC(Oc2cc(C(F)(F)F)ccn2)C1. The molecule has 1 aliphatic rings. The Bertz CT molecular complexity index is 814. The van der Waals surface area contributed by atoms with E-state index in [0.717, 1.165) is 24.4 Å². The third-order valence-corrected chi connectivity index (χ3v) is 3.47. The Morgan fingerprint density at radius 3 is 2.68 bits per heavy atom. The van der Waals surface area contributed by atoms with Crippen molar-refractivity contribution >= 4 is 11.8 Å². The lowest BCUT2D eigenvalue weighted by molar-refractivity contribution is -0.402. The maximum atomic E-state index is 12.6. The molecule has 0 spiro atoms. The first-order valence-electron chi connectivity index (χ1n) is 6.97. The van der Waals surface area contributed by atoms with E-state index in [1.165, 1.54) is 11.0 Å². The number of furan rings is 1. The van der Waals surface area contributed by atoms with Gasteiger partial charge in [0.2, 0.25) is 5.88 Å². The molecule has 0 bridgehead atoms. The number of nitrogens with zero attached hydrogens (tertiary/aromatic N) is 3. The second-order valence-corrected chi connectivity index (χ2v) is 5.23. The molecule has 0 atom stereocenters. The quantitative estimate of drug-likeness (QED) is 0.616. The van der Waals surface area contributed by atoms with Gasteiger partial charge < -0.3 is 14.1 Å². The van der Waals surface area contributed by atoms with Crippen molar-refractivity contribution in [1.29, 1.82) is 0 Å². The molecule has 0 radical (unpaired) electrons. The Hall–Kier alpha value is -3.11. The topological polar surface area (TPSA) is 98.7 Å². The number of nitro groups is 1. The zero-order valence-corrected chi connectivity index (χ0v) is 12.4. The van der Waals surface area contributed by atoms with E-state index in [0.29, 0.717) is 0 Å². The van der Waals surface area contributed by atoms with E-state index in [1.807, 2.05) is 0 Å². The van der Waals surface area contributed by atoms with Gasteiger partial charge in [-0.3, -0.25) is 14.9 Å². The predicted molar refractivity (Wildman–Crippen MR) is 74.9 cm³/mol. The van der Waals surface area contributed by atoms with Crippen LogP contribution in [0.25, 0.3) is 0 Å². The molecule has 1 amide bonds. The number of hydrogen-bond acceptors (Lipinski definition) is 6. The number of rotatable bonds is 4. The van der Waals surface area contributed by atoms with Crippen LogP contribution in [0.5, 0.6) is 5.88 Å². The number of carbonyl (C=O) groups is 1. The standard InChI is InChI=1S/C14H10F3N3O5/c15-14(16,17)8-3-4-18-11(5-8)24-9-6-19(7-9)13(21)10-1-2-12(25-10)20(22)23/h1-5,9H,6-7H2. The molecule has 0 unspecified atom stereocenters. The molecule has 25 heavy (non-hydrogen) atoms. The molecule has 11 heteroatoms. The first kappa shape index (κ1) is 16.7. The normalized spacial score (nSPS) is 14.9. The zero-order chi connectivity index (χ0) is 18.2. The number of hydrogen-bond donors (Lipinski definition) is 0. The van der Waals surface area contributed by atoms with Gasteiger partial charge in [-0.25, -0.2) is 4.98 Å². The van der Waals surface area contributed by atoms with Crippen molar-refractivity contribution in [2.75, 3.05) is 13.1 Å². The largest absolute Gasteiger partial charge is 0.471 e. The number of aromatic nitrogens is 1. The molecule has 1 aliphatic heterocycles. The van der Waals surface area contributed by atoms with Crippen LogP contribution in [0, 0.1) is 10.1 Å². The second-order valence-electron chi connectivity index (χ2n) is 5.23. The van der Waals surface area contributed by atoms with Gasteiger partial charge in [-0.1, -0.05) is 0 Å². The molecule has 0 saturated carbocycles. The number of halogens is 3. The minimum Gasteiger partial charge on any atom is -0.471 e. The van der Waals surface area contributed by atoms with E-state index in [2.05, 4.69) is 4.98 Å². The summed E-state index contributed by atoms with van der Waals surface area (Å²) in [6.45, 7) is 0.205. The van der Waals surface area contributed by atoms with Crippen molar-refractivity contribution in [2.24, 2.45) is 0 Å². The zero-order valence-electron chi connectivity index (χ0n) is 12.4. The van der Waals surface area contributed by atoms with Crippen LogP contribution in [0.2, 0.25) is 0 Å². The van der Waals surface area contributed by atoms with Crippen molar-refractivity contribution in [3.63, 3.8) is 0 Å². The first-order chi connectivity index (χ1) is 11.7. The fourth-order valence-corrected chi connectivity index (χ4v) is 2.20. The third kappa shape index (κ3) is 3.54. The van der Waals surface area contributed by atoms with Gasteiger partial charge in [-0.2, -0.15) is 13.2 Å². The molecular weight excluding hydrogens is 347 g/mol. The minimum absolute atomic E-state index is 0.102. The summed E-state index contributed by atoms with van der Waals surface area (Å²) in [5.41, 5.74) is -0.882. The molecule has 0 aromatic carbocycles. The summed E-state index contributed by atoms with van der Waals surface area (Å²) in [5.74, 6) is -1.50. The second kappa shape index (κ2) is 6.07. The summed E-state index contributed by atoms with van der Waals surface area (Å²) in [7, 11) is 0. The molecule has 0 N–H and O–H groups in total. The maximum absolute atomic E-state index is 12.6. The lowest BCUT2D eigenvalue weighted by Gasteiger charge is -2.38. The summed E-state index contributed by atoms with van der Waals surface area (Å²) in [5, 5.41) is 10.5. The molecule has 1 fully saturated rings. The van der Waals surface area contributed by atoms with Gasteiger partial charge in [0.15, 0.2) is 5.76 Å². The van der Waals surface area contributed by atoms with E-state index in [9.17, 15) is 28.1 Å². The summed E-state index contributed by atoms with van der Waals surface area (Å²) in [6.07, 6.45) is -4.04. The average molecular weight is 357 g/mol. The lowest BCUT2D eigenvalue weighted by atomic mass is 10.1. The van der Waals surface area contributed by atoms with Crippen molar-refractivity contribution in [1.82, 2.24) is 9.88 Å². The van der Waals surface area contributed by atoms with Gasteiger partial charge in [0.05, 0.1) is 24.7 Å². The smallest absolute Gasteiger partial charge is 0.433 e. The molecule has 2 aromatic heterocycles. The number of alkyl halides is 3. The number of pyridine rings is 1. The van der Waals surface area contributed by atoms with Crippen LogP contribution >= 0.6 is 0 Å². The van der Waals surface area contributed by atoms with Crippen molar-refractivity contribution < 1.29 is 32.0 Å². The molecule has 3 rings (SSSR count). The highest BCUT2D eigenvalue weighted by Crippen LogP contribution is 2.31. The molecule has 2 aromatic rings. The van der Waals surface area contributed by atoms with Crippen molar-refractivity contribution in [3.8, 4) is 5.88 Å². The van der Waals surface area contributed by atoms with Gasteiger partial charge in [-0.05, 0) is 12.1 Å². The fourth-order valence-electron chi connectivity index (χ4n) is 2.20. The monoisotopic (exact) mass is 357 g/mol. The molecule has 8 nitrogen and oxygen atoms in total. The first-order valence-corrected chi connectivity index (χ1v) is 6.97. The highest BCUT2D eigenvalue weighted by Gasteiger charge is 2.36. The molecule has 0 aliphatic carbocycles. The van der Waals surface area contributed by atoms with Crippen LogP contribution in [0.3, 0.4) is 0 Å². The van der Waals surface area contributed by atoms with Crippen LogP contribution in [0.15, 0.2) is 34.9 Å². The Morgan fingerprint density at radius 2 is 2.08 bits per heavy atom. The van der Waals surface area contributed by atoms with E-state index in [-0.39, 0.29) is 24.7 Å². The van der Waals surface area contributed by atoms with E-state index < -0.39 is 34.6 Å². The van der Waals surface area contributed by atoms with Crippen LogP contribution in [-0.4, -0.2) is 39.9 Å². The number of likely N-dealkylation sites (tertiary alicyclic amines) is 1. The van der Waals surface area contributed by atoms with Crippen LogP contribution in [-0.2, 0) is 6.18 Å². The molecule has 132 valence electrons. The van der Waals surface area contributed by atoms with Crippen LogP contribution in [0.4, 0.5) is 19.1 Å². The lowest BCUT2D eigenvalue weighted by Crippen LogP contribution is -2.56. The Kier molecular flexibility index (Phi) is 4.07. The minimum atomic E-state index is -4.50. The predicted octanol–water partition coefficient (Wildman–Crippen LogP) is 2.50. The van der Waals surface area contributed by atoms with E-state index >= 15 is 0 Å². The Morgan fingerprint density at radius 1 is 1.36 bits per heavy atom. The van der Waals surface area contributed by atoms with Crippen molar-refractivity contribution in [2.45, 2.75) is 12.3 Å². The van der Waals surface area contributed by atoms with Gasteiger partial charge in [0.1, 0.15) is 11.0 Å². The van der Waals surface area contributed by atoms with Gasteiger partial charge in [0.25, 0.3) is 5.91 Å². The summed E-state index contributed by atoms with van der Waals surface area (Å²) in [6, 6.07) is 3.85. The number of ether oxygens (including phenoxy) is 1. The number of amides is 1. The van der Waals surface area contributed by atoms with E-state index in [4.69, 9.17) is 9.15 Å². The van der Waals surface area contributed by atoms with Crippen LogP contribution < -0.4 is 4.74 Å². The number of carbonyl (C=O) groups excluding carboxylic acids is 1. The van der Waals surface area contributed by atoms with Crippen molar-refractivity contribution in [3.05, 3.63) is 51.9 Å². The Balaban J connectivity index is 1.57. The Labute approximate surface area is 138 Å². The molecule has 1 saturated heterocycles. The van der Waals surface area contributed by atoms with Crippen LogP contribution in [0.1, 0.15) is 16.1 Å². The van der Waals surface area contributed by atoms with Gasteiger partial charge in [0, 0.05) is 12.3 Å². The third-order valence-electron chi connectivity index (χ3n) is 3.47. The fraction of sp³-hybridized carbons (Fsp3) is 0.286. The average Bonchev–Trinajstić information content (AvgIpc) is 2.99. The summed E-state index contributed by atoms with van der Waals surface area (Å²) in [4.78, 5) is 26.8. The summed E-state index contributed by atoms with van der Waals surface area (Å²) < 4.78 is 48.0. The van der Waals surface area contributed by atoms with E-state index in [1.54, 1.807) is 0 Å².